The lowest BCUT2D eigenvalue weighted by atomic mass is 10.2. The zero-order chi connectivity index (χ0) is 15.1. The van der Waals surface area contributed by atoms with E-state index in [9.17, 15) is 0 Å². The Morgan fingerprint density at radius 2 is 1.90 bits per heavy atom. The molecule has 0 aliphatic rings. The van der Waals surface area contributed by atoms with Gasteiger partial charge < -0.3 is 10.2 Å². The number of nitrogens with one attached hydrogen (secondary N) is 1. The molecule has 1 atom stereocenters. The van der Waals surface area contributed by atoms with Crippen molar-refractivity contribution in [2.24, 2.45) is 0 Å². The average Bonchev–Trinajstić information content (AvgIpc) is 2.78. The van der Waals surface area contributed by atoms with Crippen LogP contribution in [-0.2, 0) is 19.5 Å². The van der Waals surface area contributed by atoms with Crippen molar-refractivity contribution in [3.8, 4) is 0 Å². The minimum absolute atomic E-state index is 0.479. The average molecular weight is 345 g/mol. The van der Waals surface area contributed by atoms with Crippen LogP contribution in [0.15, 0.2) is 4.47 Å². The zero-order valence-electron chi connectivity index (χ0n) is 13.5. The maximum Gasteiger partial charge on any atom is 0.0767 e. The van der Waals surface area contributed by atoms with Crippen molar-refractivity contribution in [1.82, 2.24) is 20.0 Å². The quantitative estimate of drug-likeness (QED) is 0.747. The van der Waals surface area contributed by atoms with E-state index in [1.54, 1.807) is 0 Å². The van der Waals surface area contributed by atoms with Gasteiger partial charge in [0, 0.05) is 25.7 Å². The number of hydrogen-bond acceptors (Lipinski definition) is 3. The van der Waals surface area contributed by atoms with Crippen molar-refractivity contribution < 1.29 is 0 Å². The van der Waals surface area contributed by atoms with Crippen molar-refractivity contribution in [2.45, 2.75) is 60.2 Å². The van der Waals surface area contributed by atoms with Gasteiger partial charge >= 0.3 is 0 Å². The minimum atomic E-state index is 0.479. The summed E-state index contributed by atoms with van der Waals surface area (Å²) in [5.74, 6) is 0. The van der Waals surface area contributed by atoms with Crippen LogP contribution >= 0.6 is 15.9 Å². The Labute approximate surface area is 132 Å². The van der Waals surface area contributed by atoms with Crippen molar-refractivity contribution >= 4 is 15.9 Å². The van der Waals surface area contributed by atoms with E-state index >= 15 is 0 Å². The van der Waals surface area contributed by atoms with Gasteiger partial charge in [0.05, 0.1) is 15.9 Å². The molecule has 0 radical (unpaired) electrons. The Morgan fingerprint density at radius 1 is 1.25 bits per heavy atom. The first-order valence-corrected chi connectivity index (χ1v) is 8.56. The first kappa shape index (κ1) is 17.7. The van der Waals surface area contributed by atoms with Gasteiger partial charge in [-0.2, -0.15) is 5.10 Å². The topological polar surface area (TPSA) is 33.1 Å². The Hall–Kier alpha value is -0.390. The lowest BCUT2D eigenvalue weighted by molar-refractivity contribution is 0.270. The number of rotatable bonds is 9. The van der Waals surface area contributed by atoms with Crippen LogP contribution in [0.5, 0.6) is 0 Å². The number of halogens is 1. The van der Waals surface area contributed by atoms with E-state index in [1.165, 1.54) is 10.2 Å². The second kappa shape index (κ2) is 8.80. The summed E-state index contributed by atoms with van der Waals surface area (Å²) in [5.41, 5.74) is 2.41. The van der Waals surface area contributed by atoms with Crippen LogP contribution in [0.3, 0.4) is 0 Å². The summed E-state index contributed by atoms with van der Waals surface area (Å²) in [6, 6.07) is 0.479. The maximum atomic E-state index is 4.64. The summed E-state index contributed by atoms with van der Waals surface area (Å²) in [7, 11) is 0. The fraction of sp³-hybridized carbons (Fsp3) is 0.800. The molecule has 0 saturated carbocycles. The largest absolute Gasteiger partial charge is 0.307 e. The van der Waals surface area contributed by atoms with E-state index in [2.05, 4.69) is 70.5 Å². The van der Waals surface area contributed by atoms with Gasteiger partial charge in [0.15, 0.2) is 0 Å². The molecule has 116 valence electrons. The number of aromatic nitrogens is 2. The van der Waals surface area contributed by atoms with E-state index in [0.29, 0.717) is 6.04 Å². The molecular weight excluding hydrogens is 316 g/mol. The van der Waals surface area contributed by atoms with Crippen LogP contribution in [0.1, 0.15) is 46.0 Å². The highest BCUT2D eigenvalue weighted by atomic mass is 79.9. The molecule has 0 saturated heterocycles. The molecule has 1 aromatic rings. The third-order valence-electron chi connectivity index (χ3n) is 3.74. The maximum absolute atomic E-state index is 4.64. The predicted molar refractivity (Wildman–Crippen MR) is 89.1 cm³/mol. The van der Waals surface area contributed by atoms with Crippen molar-refractivity contribution in [1.29, 1.82) is 0 Å². The smallest absolute Gasteiger partial charge is 0.0767 e. The van der Waals surface area contributed by atoms with Crippen LogP contribution in [0.25, 0.3) is 0 Å². The molecule has 1 rings (SSSR count). The second-order valence-electron chi connectivity index (χ2n) is 5.14. The highest BCUT2D eigenvalue weighted by Gasteiger charge is 2.15. The summed E-state index contributed by atoms with van der Waals surface area (Å²) < 4.78 is 3.27. The van der Waals surface area contributed by atoms with Gasteiger partial charge in [-0.25, -0.2) is 0 Å². The van der Waals surface area contributed by atoms with Crippen molar-refractivity contribution in [3.63, 3.8) is 0 Å². The third-order valence-corrected chi connectivity index (χ3v) is 4.65. The summed E-state index contributed by atoms with van der Waals surface area (Å²) in [5, 5.41) is 8.26. The summed E-state index contributed by atoms with van der Waals surface area (Å²) in [6.45, 7) is 16.1. The second-order valence-corrected chi connectivity index (χ2v) is 5.94. The normalized spacial score (nSPS) is 13.2. The van der Waals surface area contributed by atoms with Crippen molar-refractivity contribution in [2.75, 3.05) is 19.6 Å². The molecule has 0 spiro atoms. The molecule has 1 aromatic heterocycles. The monoisotopic (exact) mass is 344 g/mol. The SMILES string of the molecule is CCc1nn(CC)c(CNC(C)CN(CC)CC)c1Br. The molecule has 1 heterocycles. The van der Waals surface area contributed by atoms with Crippen LogP contribution in [0.2, 0.25) is 0 Å². The third kappa shape index (κ3) is 4.57. The van der Waals surface area contributed by atoms with E-state index in [1.807, 2.05) is 0 Å². The Balaban J connectivity index is 2.62. The van der Waals surface area contributed by atoms with Gasteiger partial charge in [0.1, 0.15) is 0 Å². The molecule has 5 heteroatoms. The van der Waals surface area contributed by atoms with Gasteiger partial charge in [-0.05, 0) is 49.3 Å². The summed E-state index contributed by atoms with van der Waals surface area (Å²) in [4.78, 5) is 2.45. The van der Waals surface area contributed by atoms with E-state index in [0.717, 1.165) is 44.8 Å². The molecule has 1 N–H and O–H groups in total. The predicted octanol–water partition coefficient (Wildman–Crippen LogP) is 3.05. The first-order valence-electron chi connectivity index (χ1n) is 7.76. The summed E-state index contributed by atoms with van der Waals surface area (Å²) >= 11 is 3.70. The number of nitrogens with zero attached hydrogens (tertiary/aromatic N) is 3. The number of aryl methyl sites for hydroxylation is 2. The van der Waals surface area contributed by atoms with E-state index in [-0.39, 0.29) is 0 Å². The highest BCUT2D eigenvalue weighted by Crippen LogP contribution is 2.22. The molecule has 0 amide bonds. The molecule has 1 unspecified atom stereocenters. The number of likely N-dealkylation sites (N-methyl/N-ethyl adjacent to an activating group) is 1. The van der Waals surface area contributed by atoms with Crippen LogP contribution in [0, 0.1) is 0 Å². The molecule has 0 fully saturated rings. The van der Waals surface area contributed by atoms with E-state index < -0.39 is 0 Å². The summed E-state index contributed by atoms with van der Waals surface area (Å²) in [6.07, 6.45) is 0.968. The lowest BCUT2D eigenvalue weighted by Gasteiger charge is -2.23. The van der Waals surface area contributed by atoms with Crippen molar-refractivity contribution in [3.05, 3.63) is 15.9 Å². The van der Waals surface area contributed by atoms with Gasteiger partial charge in [-0.3, -0.25) is 4.68 Å². The highest BCUT2D eigenvalue weighted by molar-refractivity contribution is 9.10. The first-order chi connectivity index (χ1) is 9.57. The van der Waals surface area contributed by atoms with Crippen LogP contribution in [-0.4, -0.2) is 40.4 Å². The van der Waals surface area contributed by atoms with Gasteiger partial charge in [0.25, 0.3) is 0 Å². The standard InChI is InChI=1S/C15H29BrN4/c1-6-13-15(16)14(20(9-4)18-13)10-17-12(5)11-19(7-2)8-3/h12,17H,6-11H2,1-5H3. The lowest BCUT2D eigenvalue weighted by Crippen LogP contribution is -2.39. The van der Waals surface area contributed by atoms with Gasteiger partial charge in [0.2, 0.25) is 0 Å². The van der Waals surface area contributed by atoms with Gasteiger partial charge in [-0.1, -0.05) is 20.8 Å². The van der Waals surface area contributed by atoms with Crippen LogP contribution < -0.4 is 5.32 Å². The fourth-order valence-corrected chi connectivity index (χ4v) is 3.10. The fourth-order valence-electron chi connectivity index (χ4n) is 2.39. The zero-order valence-corrected chi connectivity index (χ0v) is 15.1. The van der Waals surface area contributed by atoms with Gasteiger partial charge in [-0.15, -0.1) is 0 Å². The number of hydrogen-bond donors (Lipinski definition) is 1. The molecule has 4 nitrogen and oxygen atoms in total. The Morgan fingerprint density at radius 3 is 2.40 bits per heavy atom. The molecule has 0 aliphatic heterocycles. The Bertz CT molecular complexity index is 399. The minimum Gasteiger partial charge on any atom is -0.307 e. The Kier molecular flexibility index (Phi) is 7.77. The van der Waals surface area contributed by atoms with E-state index in [4.69, 9.17) is 0 Å². The molecule has 0 aromatic carbocycles. The molecular formula is C15H29BrN4. The molecule has 0 aliphatic carbocycles. The van der Waals surface area contributed by atoms with Crippen LogP contribution in [0.4, 0.5) is 0 Å². The molecule has 0 bridgehead atoms. The molecule has 20 heavy (non-hydrogen) atoms.